The molecule has 8 aromatic rings. The van der Waals surface area contributed by atoms with Crippen LogP contribution in [-0.2, 0) is 16.2 Å². The summed E-state index contributed by atoms with van der Waals surface area (Å²) in [4.78, 5) is 0. The highest BCUT2D eigenvalue weighted by Gasteiger charge is 2.39. The molecule has 3 aliphatic carbocycles. The molecule has 0 aromatic heterocycles. The van der Waals surface area contributed by atoms with Crippen LogP contribution in [0.3, 0.4) is 0 Å². The van der Waals surface area contributed by atoms with Crippen LogP contribution in [0.5, 0.6) is 28.7 Å². The monoisotopic (exact) mass is 810 g/mol. The van der Waals surface area contributed by atoms with Crippen LogP contribution in [0.15, 0.2) is 146 Å². The van der Waals surface area contributed by atoms with E-state index in [4.69, 9.17) is 0 Å². The molecule has 0 radical (unpaired) electrons. The smallest absolute Gasteiger partial charge is 0.208 e. The van der Waals surface area contributed by atoms with E-state index in [0.29, 0.717) is 16.3 Å². The molecule has 0 saturated carbocycles. The van der Waals surface area contributed by atoms with Gasteiger partial charge in [-0.3, -0.25) is 0 Å². The molecule has 1 unspecified atom stereocenters. The van der Waals surface area contributed by atoms with Gasteiger partial charge < -0.3 is 25.5 Å². The van der Waals surface area contributed by atoms with Crippen LogP contribution in [0.1, 0.15) is 68.9 Å². The van der Waals surface area contributed by atoms with Gasteiger partial charge in [0.2, 0.25) is 17.2 Å². The van der Waals surface area contributed by atoms with Crippen molar-refractivity contribution in [1.82, 2.24) is 0 Å². The maximum atomic E-state index is 11.6. The molecule has 0 fully saturated rings. The maximum Gasteiger partial charge on any atom is 0.208 e. The molecule has 11 rings (SSSR count). The zero-order valence-corrected chi connectivity index (χ0v) is 35.3. The number of fused-ring (bicyclic) bond motifs is 8. The van der Waals surface area contributed by atoms with Gasteiger partial charge in [-0.1, -0.05) is 162 Å². The molecule has 0 aliphatic heterocycles. The molecule has 62 heavy (non-hydrogen) atoms. The van der Waals surface area contributed by atoms with Crippen molar-refractivity contribution < 1.29 is 25.5 Å². The second-order valence-corrected chi connectivity index (χ2v) is 18.6. The SMILES string of the molecule is CC1(c2ccc3c(c2)-c2cc4c(-c5ccc(-c6cccc7c6-c6ccccc6C7(C)C)cc5)c5ccccc5c(-c5c(O)c(O)c(O)c(O)c5O)c4cc2C3(C)C)C=CC=CC1. The maximum absolute atomic E-state index is 11.6. The normalized spacial score (nSPS) is 17.6. The quantitative estimate of drug-likeness (QED) is 0.0692. The Labute approximate surface area is 360 Å². The number of phenols is 5. The second kappa shape index (κ2) is 12.9. The second-order valence-electron chi connectivity index (χ2n) is 18.6. The van der Waals surface area contributed by atoms with E-state index in [9.17, 15) is 25.5 Å². The van der Waals surface area contributed by atoms with E-state index in [1.54, 1.807) is 0 Å². The fraction of sp³-hybridized carbons (Fsp3) is 0.158. The number of aromatic hydroxyl groups is 5. The number of allylic oxidation sites excluding steroid dienone is 4. The molecule has 8 aromatic carbocycles. The average Bonchev–Trinajstić information content (AvgIpc) is 3.66. The van der Waals surface area contributed by atoms with E-state index >= 15 is 0 Å². The number of hydrogen-bond acceptors (Lipinski definition) is 5. The number of hydrogen-bond donors (Lipinski definition) is 5. The standard InChI is InChI=1S/C57H46O5/c1-55(2)42-18-10-9-16-37(42)47-34(17-13-19-44(47)55)31-20-22-32(23-21-31)46-35-14-7-8-15-36(35)48(49-50(58)52(60)54(62)53(61)51(49)59)41-30-45-39(29-40(41)46)38-28-33(24-25-43(38)56(45,3)4)57(5)26-11-6-12-27-57/h6-26,28-30,58-62H,27H2,1-5H3. The molecule has 5 nitrogen and oxygen atoms in total. The Bertz CT molecular complexity index is 3300. The van der Waals surface area contributed by atoms with Gasteiger partial charge in [-0.2, -0.15) is 0 Å². The predicted octanol–water partition coefficient (Wildman–Crippen LogP) is 13.9. The van der Waals surface area contributed by atoms with Gasteiger partial charge in [-0.25, -0.2) is 0 Å². The minimum atomic E-state index is -0.990. The van der Waals surface area contributed by atoms with Crippen LogP contribution in [0.4, 0.5) is 0 Å². The van der Waals surface area contributed by atoms with E-state index in [0.717, 1.165) is 50.6 Å². The lowest BCUT2D eigenvalue weighted by atomic mass is 9.75. The summed E-state index contributed by atoms with van der Waals surface area (Å²) in [6, 6.07) is 43.2. The van der Waals surface area contributed by atoms with Crippen molar-refractivity contribution in [2.24, 2.45) is 0 Å². The largest absolute Gasteiger partial charge is 0.504 e. The fourth-order valence-electron chi connectivity index (χ4n) is 11.0. The molecule has 0 bridgehead atoms. The van der Waals surface area contributed by atoms with Gasteiger partial charge in [0.25, 0.3) is 0 Å². The Morgan fingerprint density at radius 2 is 0.952 bits per heavy atom. The summed E-state index contributed by atoms with van der Waals surface area (Å²) in [5.41, 5.74) is 14.8. The first-order chi connectivity index (χ1) is 29.7. The van der Waals surface area contributed by atoms with E-state index in [1.807, 2.05) is 24.3 Å². The lowest BCUT2D eigenvalue weighted by Crippen LogP contribution is -2.20. The molecule has 0 amide bonds. The third kappa shape index (κ3) is 5.02. The summed E-state index contributed by atoms with van der Waals surface area (Å²) in [6.45, 7) is 11.3. The third-order valence-electron chi connectivity index (χ3n) is 14.4. The molecular formula is C57H46O5. The Morgan fingerprint density at radius 1 is 0.387 bits per heavy atom. The van der Waals surface area contributed by atoms with Gasteiger partial charge in [0.05, 0.1) is 5.56 Å². The molecule has 5 heteroatoms. The molecule has 5 N–H and O–H groups in total. The van der Waals surface area contributed by atoms with E-state index in [-0.39, 0.29) is 16.4 Å². The molecular weight excluding hydrogens is 765 g/mol. The van der Waals surface area contributed by atoms with Crippen molar-refractivity contribution in [3.8, 4) is 84.4 Å². The summed E-state index contributed by atoms with van der Waals surface area (Å²) < 4.78 is 0. The molecule has 1 atom stereocenters. The molecule has 3 aliphatic rings. The van der Waals surface area contributed by atoms with Crippen LogP contribution in [0, 0.1) is 0 Å². The molecule has 0 saturated heterocycles. The minimum absolute atomic E-state index is 0.120. The Kier molecular flexibility index (Phi) is 7.84. The minimum Gasteiger partial charge on any atom is -0.504 e. The van der Waals surface area contributed by atoms with Crippen molar-refractivity contribution in [3.05, 3.63) is 173 Å². The van der Waals surface area contributed by atoms with Crippen molar-refractivity contribution in [1.29, 1.82) is 0 Å². The molecule has 0 heterocycles. The van der Waals surface area contributed by atoms with Crippen LogP contribution in [0.25, 0.3) is 77.2 Å². The summed E-state index contributed by atoms with van der Waals surface area (Å²) in [6.07, 6.45) is 9.63. The van der Waals surface area contributed by atoms with Crippen molar-refractivity contribution in [3.63, 3.8) is 0 Å². The lowest BCUT2D eigenvalue weighted by Gasteiger charge is -2.28. The summed E-state index contributed by atoms with van der Waals surface area (Å²) in [5, 5.41) is 58.6. The summed E-state index contributed by atoms with van der Waals surface area (Å²) >= 11 is 0. The topological polar surface area (TPSA) is 101 Å². The van der Waals surface area contributed by atoms with Gasteiger partial charge in [0.15, 0.2) is 11.5 Å². The van der Waals surface area contributed by atoms with Crippen LogP contribution < -0.4 is 0 Å². The highest BCUT2D eigenvalue weighted by atomic mass is 16.4. The zero-order valence-electron chi connectivity index (χ0n) is 35.3. The fourth-order valence-corrected chi connectivity index (χ4v) is 11.0. The van der Waals surface area contributed by atoms with Gasteiger partial charge in [-0.15, -0.1) is 0 Å². The van der Waals surface area contributed by atoms with Crippen molar-refractivity contribution in [2.45, 2.75) is 57.3 Å². The highest BCUT2D eigenvalue weighted by molar-refractivity contribution is 6.24. The average molecular weight is 811 g/mol. The number of benzene rings is 8. The highest BCUT2D eigenvalue weighted by Crippen LogP contribution is 2.60. The number of phenolic OH excluding ortho intramolecular Hbond substituents is 5. The van der Waals surface area contributed by atoms with Gasteiger partial charge >= 0.3 is 0 Å². The van der Waals surface area contributed by atoms with Crippen molar-refractivity contribution in [2.75, 3.05) is 0 Å². The first kappa shape index (κ1) is 37.7. The van der Waals surface area contributed by atoms with E-state index in [1.165, 1.54) is 38.9 Å². The number of rotatable bonds is 4. The Balaban J connectivity index is 1.20. The van der Waals surface area contributed by atoms with Crippen LogP contribution in [-0.4, -0.2) is 25.5 Å². The Hall–Kier alpha value is -7.24. The van der Waals surface area contributed by atoms with Crippen LogP contribution >= 0.6 is 0 Å². The van der Waals surface area contributed by atoms with Crippen molar-refractivity contribution >= 4 is 21.5 Å². The lowest BCUT2D eigenvalue weighted by molar-refractivity contribution is 0.330. The van der Waals surface area contributed by atoms with Gasteiger partial charge in [0, 0.05) is 21.8 Å². The summed E-state index contributed by atoms with van der Waals surface area (Å²) in [7, 11) is 0. The van der Waals surface area contributed by atoms with Crippen LogP contribution in [0.2, 0.25) is 0 Å². The first-order valence-corrected chi connectivity index (χ1v) is 21.3. The zero-order chi connectivity index (χ0) is 43.0. The van der Waals surface area contributed by atoms with E-state index in [2.05, 4.69) is 156 Å². The van der Waals surface area contributed by atoms with Gasteiger partial charge in [-0.05, 0) is 118 Å². The Morgan fingerprint density at radius 3 is 1.66 bits per heavy atom. The molecule has 0 spiro atoms. The van der Waals surface area contributed by atoms with Gasteiger partial charge in [0.1, 0.15) is 0 Å². The first-order valence-electron chi connectivity index (χ1n) is 21.3. The van der Waals surface area contributed by atoms with E-state index < -0.39 is 34.2 Å². The predicted molar refractivity (Wildman–Crippen MR) is 251 cm³/mol. The molecule has 304 valence electrons. The third-order valence-corrected chi connectivity index (χ3v) is 14.4. The summed E-state index contributed by atoms with van der Waals surface area (Å²) in [5.74, 6) is -4.26.